The number of fused-ring (bicyclic) bond motifs is 1. The van der Waals surface area contributed by atoms with Gasteiger partial charge in [0.05, 0.1) is 12.2 Å². The average Bonchev–Trinajstić information content (AvgIpc) is 2.16. The zero-order chi connectivity index (χ0) is 12.6. The number of rotatable bonds is 1. The molecule has 1 aliphatic heterocycles. The number of alkyl halides is 3. The van der Waals surface area contributed by atoms with Crippen molar-refractivity contribution in [1.29, 1.82) is 0 Å². The van der Waals surface area contributed by atoms with E-state index in [-0.39, 0.29) is 0 Å². The molecule has 94 valence electrons. The molecule has 0 atom stereocenters. The minimum atomic E-state index is -4.14. The lowest BCUT2D eigenvalue weighted by molar-refractivity contribution is -0.147. The van der Waals surface area contributed by atoms with Gasteiger partial charge in [0.1, 0.15) is 5.82 Å². The molecule has 3 nitrogen and oxygen atoms in total. The number of aromatic nitrogens is 2. The highest BCUT2D eigenvalue weighted by atomic mass is 19.4. The van der Waals surface area contributed by atoms with Crippen molar-refractivity contribution in [2.24, 2.45) is 0 Å². The lowest BCUT2D eigenvalue weighted by Crippen LogP contribution is -2.38. The molecular formula is C11H14F3N3. The van der Waals surface area contributed by atoms with Crippen molar-refractivity contribution in [2.45, 2.75) is 33.0 Å². The first-order chi connectivity index (χ1) is 7.85. The van der Waals surface area contributed by atoms with Crippen LogP contribution in [-0.2, 0) is 13.0 Å². The molecule has 6 heteroatoms. The molecule has 0 aromatic carbocycles. The lowest BCUT2D eigenvalue weighted by atomic mass is 10.0. The number of hydrogen-bond acceptors (Lipinski definition) is 3. The van der Waals surface area contributed by atoms with Crippen molar-refractivity contribution in [3.05, 3.63) is 22.8 Å². The monoisotopic (exact) mass is 245 g/mol. The molecule has 1 aliphatic rings. The molecule has 17 heavy (non-hydrogen) atoms. The first kappa shape index (κ1) is 12.3. The Kier molecular flexibility index (Phi) is 3.07. The lowest BCUT2D eigenvalue weighted by Gasteiger charge is -2.29. The van der Waals surface area contributed by atoms with Gasteiger partial charge in [-0.05, 0) is 13.8 Å². The van der Waals surface area contributed by atoms with Crippen molar-refractivity contribution >= 4 is 0 Å². The second-order valence-electron chi connectivity index (χ2n) is 4.36. The second kappa shape index (κ2) is 4.25. The minimum Gasteiger partial charge on any atom is -0.290 e. The fourth-order valence-corrected chi connectivity index (χ4v) is 2.17. The Hall–Kier alpha value is -1.17. The molecule has 0 spiro atoms. The smallest absolute Gasteiger partial charge is 0.290 e. The summed E-state index contributed by atoms with van der Waals surface area (Å²) in [6.07, 6.45) is -3.58. The summed E-state index contributed by atoms with van der Waals surface area (Å²) < 4.78 is 36.9. The maximum atomic E-state index is 12.3. The average molecular weight is 245 g/mol. The molecule has 2 rings (SSSR count). The molecule has 0 N–H and O–H groups in total. The summed E-state index contributed by atoms with van der Waals surface area (Å²) in [6.45, 7) is 3.46. The predicted octanol–water partition coefficient (Wildman–Crippen LogP) is 2.01. The largest absolute Gasteiger partial charge is 0.401 e. The van der Waals surface area contributed by atoms with Crippen LogP contribution in [0.4, 0.5) is 13.2 Å². The van der Waals surface area contributed by atoms with Gasteiger partial charge in [0.25, 0.3) is 0 Å². The van der Waals surface area contributed by atoms with Crippen LogP contribution >= 0.6 is 0 Å². The van der Waals surface area contributed by atoms with Crippen LogP contribution < -0.4 is 0 Å². The molecule has 0 saturated heterocycles. The summed E-state index contributed by atoms with van der Waals surface area (Å²) in [5.41, 5.74) is 2.54. The van der Waals surface area contributed by atoms with Gasteiger partial charge in [-0.2, -0.15) is 13.2 Å². The van der Waals surface area contributed by atoms with Crippen LogP contribution in [0.5, 0.6) is 0 Å². The van der Waals surface area contributed by atoms with Crippen LogP contribution in [0.2, 0.25) is 0 Å². The van der Waals surface area contributed by atoms with Gasteiger partial charge in [-0.25, -0.2) is 9.97 Å². The van der Waals surface area contributed by atoms with Gasteiger partial charge in [0, 0.05) is 30.8 Å². The van der Waals surface area contributed by atoms with Crippen LogP contribution in [0.25, 0.3) is 0 Å². The Morgan fingerprint density at radius 2 is 1.94 bits per heavy atom. The third-order valence-electron chi connectivity index (χ3n) is 2.86. The topological polar surface area (TPSA) is 29.0 Å². The van der Waals surface area contributed by atoms with E-state index in [2.05, 4.69) is 9.97 Å². The van der Waals surface area contributed by atoms with Gasteiger partial charge in [-0.15, -0.1) is 0 Å². The highest BCUT2D eigenvalue weighted by Gasteiger charge is 2.32. The normalized spacial score (nSPS) is 17.0. The molecule has 0 radical (unpaired) electrons. The Labute approximate surface area is 97.7 Å². The molecule has 0 aliphatic carbocycles. The second-order valence-corrected chi connectivity index (χ2v) is 4.36. The van der Waals surface area contributed by atoms with Gasteiger partial charge in [0.2, 0.25) is 0 Å². The third-order valence-corrected chi connectivity index (χ3v) is 2.86. The molecule has 1 aromatic heterocycles. The number of halogens is 3. The molecule has 0 bridgehead atoms. The summed E-state index contributed by atoms with van der Waals surface area (Å²) in [7, 11) is 0. The summed E-state index contributed by atoms with van der Waals surface area (Å²) in [4.78, 5) is 9.88. The molecule has 0 fully saturated rings. The molecule has 2 heterocycles. The predicted molar refractivity (Wildman–Crippen MR) is 56.5 cm³/mol. The van der Waals surface area contributed by atoms with E-state index in [0.717, 1.165) is 17.0 Å². The minimum absolute atomic E-state index is 0.293. The molecule has 0 amide bonds. The van der Waals surface area contributed by atoms with Gasteiger partial charge in [0.15, 0.2) is 0 Å². The van der Waals surface area contributed by atoms with Gasteiger partial charge in [-0.1, -0.05) is 0 Å². The van der Waals surface area contributed by atoms with Crippen LogP contribution in [0.1, 0.15) is 22.8 Å². The molecular weight excluding hydrogens is 231 g/mol. The zero-order valence-corrected chi connectivity index (χ0v) is 9.80. The number of nitrogens with zero attached hydrogens (tertiary/aromatic N) is 3. The van der Waals surface area contributed by atoms with Crippen molar-refractivity contribution in [2.75, 3.05) is 13.1 Å². The maximum Gasteiger partial charge on any atom is 0.401 e. The number of hydrogen-bond donors (Lipinski definition) is 0. The van der Waals surface area contributed by atoms with Crippen molar-refractivity contribution in [3.63, 3.8) is 0 Å². The van der Waals surface area contributed by atoms with Crippen LogP contribution in [0.3, 0.4) is 0 Å². The van der Waals surface area contributed by atoms with E-state index in [4.69, 9.17) is 0 Å². The molecule has 1 aromatic rings. The first-order valence-electron chi connectivity index (χ1n) is 5.47. The van der Waals surface area contributed by atoms with E-state index < -0.39 is 12.7 Å². The van der Waals surface area contributed by atoms with Gasteiger partial charge >= 0.3 is 6.18 Å². The Morgan fingerprint density at radius 1 is 1.24 bits per heavy atom. The summed E-state index contributed by atoms with van der Waals surface area (Å²) in [5.74, 6) is 0.686. The first-order valence-corrected chi connectivity index (χ1v) is 5.47. The zero-order valence-electron chi connectivity index (χ0n) is 9.80. The third kappa shape index (κ3) is 2.94. The Morgan fingerprint density at radius 3 is 2.59 bits per heavy atom. The van der Waals surface area contributed by atoms with E-state index in [1.807, 2.05) is 6.92 Å². The summed E-state index contributed by atoms with van der Waals surface area (Å²) in [5, 5.41) is 0. The van der Waals surface area contributed by atoms with Crippen LogP contribution in [0, 0.1) is 13.8 Å². The highest BCUT2D eigenvalue weighted by molar-refractivity contribution is 5.27. The molecule has 0 unspecified atom stereocenters. The van der Waals surface area contributed by atoms with E-state index in [9.17, 15) is 13.2 Å². The van der Waals surface area contributed by atoms with Crippen LogP contribution in [0.15, 0.2) is 0 Å². The van der Waals surface area contributed by atoms with Crippen molar-refractivity contribution < 1.29 is 13.2 Å². The Bertz CT molecular complexity index is 429. The number of aryl methyl sites for hydroxylation is 2. The van der Waals surface area contributed by atoms with E-state index >= 15 is 0 Å². The maximum absolute atomic E-state index is 12.3. The summed E-state index contributed by atoms with van der Waals surface area (Å²) in [6, 6.07) is 0. The van der Waals surface area contributed by atoms with Gasteiger partial charge < -0.3 is 0 Å². The standard InChI is InChI=1S/C11H14F3N3/c1-7-9-5-17(6-11(12,13)14)4-3-10(9)16-8(2)15-7/h3-6H2,1-2H3. The van der Waals surface area contributed by atoms with Crippen LogP contribution in [-0.4, -0.2) is 34.1 Å². The SMILES string of the molecule is Cc1nc(C)c2c(n1)CCN(CC(F)(F)F)C2. The fraction of sp³-hybridized carbons (Fsp3) is 0.636. The van der Waals surface area contributed by atoms with Crippen molar-refractivity contribution in [3.8, 4) is 0 Å². The summed E-state index contributed by atoms with van der Waals surface area (Å²) >= 11 is 0. The quantitative estimate of drug-likeness (QED) is 0.758. The Balaban J connectivity index is 2.19. The fourth-order valence-electron chi connectivity index (χ4n) is 2.17. The van der Waals surface area contributed by atoms with E-state index in [1.54, 1.807) is 6.92 Å². The van der Waals surface area contributed by atoms with Gasteiger partial charge in [-0.3, -0.25) is 4.90 Å². The molecule has 0 saturated carbocycles. The highest BCUT2D eigenvalue weighted by Crippen LogP contribution is 2.23. The van der Waals surface area contributed by atoms with E-state index in [1.165, 1.54) is 4.90 Å². The van der Waals surface area contributed by atoms with Crippen molar-refractivity contribution in [1.82, 2.24) is 14.9 Å². The van der Waals surface area contributed by atoms with E-state index in [0.29, 0.717) is 25.3 Å².